The summed E-state index contributed by atoms with van der Waals surface area (Å²) in [5, 5.41) is 12.4. The highest BCUT2D eigenvalue weighted by Gasteiger charge is 2.38. The Balaban J connectivity index is 1.36. The average Bonchev–Trinajstić information content (AvgIpc) is 3.28. The minimum Gasteiger partial charge on any atom is -0.355 e. The van der Waals surface area contributed by atoms with Gasteiger partial charge in [-0.15, -0.1) is 0 Å². The second-order valence-electron chi connectivity index (χ2n) is 7.42. The number of nitrogens with zero attached hydrogens (tertiary/aromatic N) is 2. The molecule has 0 unspecified atom stereocenters. The molecule has 0 bridgehead atoms. The van der Waals surface area contributed by atoms with Crippen LogP contribution in [0.3, 0.4) is 0 Å². The third-order valence-corrected chi connectivity index (χ3v) is 5.28. The molecule has 6 nitrogen and oxygen atoms in total. The van der Waals surface area contributed by atoms with Crippen LogP contribution in [0.1, 0.15) is 25.3 Å². The molecule has 0 saturated heterocycles. The Labute approximate surface area is 163 Å². The summed E-state index contributed by atoms with van der Waals surface area (Å²) in [7, 11) is 0. The van der Waals surface area contributed by atoms with Gasteiger partial charge in [0.15, 0.2) is 0 Å². The lowest BCUT2D eigenvalue weighted by molar-refractivity contribution is -0.122. The minimum atomic E-state index is -0.135. The molecule has 0 radical (unpaired) electrons. The third kappa shape index (κ3) is 4.06. The summed E-state index contributed by atoms with van der Waals surface area (Å²) in [6.07, 6.45) is 2.87. The Kier molecular flexibility index (Phi) is 5.10. The van der Waals surface area contributed by atoms with Gasteiger partial charge in [-0.05, 0) is 28.7 Å². The van der Waals surface area contributed by atoms with Gasteiger partial charge in [-0.1, -0.05) is 49.4 Å². The predicted molar refractivity (Wildman–Crippen MR) is 109 cm³/mol. The van der Waals surface area contributed by atoms with Crippen molar-refractivity contribution in [1.82, 2.24) is 15.1 Å². The van der Waals surface area contributed by atoms with Gasteiger partial charge in [0.1, 0.15) is 5.82 Å². The zero-order valence-corrected chi connectivity index (χ0v) is 15.9. The Morgan fingerprint density at radius 1 is 1.14 bits per heavy atom. The number of hydrogen-bond donors (Lipinski definition) is 2. The van der Waals surface area contributed by atoms with E-state index in [0.717, 1.165) is 12.0 Å². The molecule has 6 heteroatoms. The zero-order chi connectivity index (χ0) is 19.5. The van der Waals surface area contributed by atoms with E-state index in [-0.39, 0.29) is 24.2 Å². The molecule has 0 aliphatic heterocycles. The quantitative estimate of drug-likeness (QED) is 0.665. The van der Waals surface area contributed by atoms with E-state index in [1.54, 1.807) is 16.9 Å². The highest BCUT2D eigenvalue weighted by Crippen LogP contribution is 2.37. The number of benzene rings is 2. The SMILES string of the molecule is C[C@H]1C[C@H]1C(=O)NCCC(=O)Nc1ccnn1Cc1cccc2ccccc12. The molecule has 1 saturated carbocycles. The third-order valence-electron chi connectivity index (χ3n) is 5.28. The van der Waals surface area contributed by atoms with Crippen LogP contribution in [0.15, 0.2) is 54.7 Å². The monoisotopic (exact) mass is 376 g/mol. The maximum atomic E-state index is 12.3. The van der Waals surface area contributed by atoms with Crippen molar-refractivity contribution in [3.8, 4) is 0 Å². The van der Waals surface area contributed by atoms with Gasteiger partial charge in [-0.25, -0.2) is 4.68 Å². The fraction of sp³-hybridized carbons (Fsp3) is 0.318. The summed E-state index contributed by atoms with van der Waals surface area (Å²) in [6.45, 7) is 2.99. The molecule has 1 aromatic heterocycles. The molecule has 1 aliphatic carbocycles. The molecule has 2 N–H and O–H groups in total. The van der Waals surface area contributed by atoms with E-state index in [2.05, 4.69) is 46.9 Å². The molecular formula is C22H24N4O2. The smallest absolute Gasteiger partial charge is 0.227 e. The van der Waals surface area contributed by atoms with Crippen molar-refractivity contribution in [2.75, 3.05) is 11.9 Å². The second kappa shape index (κ2) is 7.84. The number of amides is 2. The van der Waals surface area contributed by atoms with Gasteiger partial charge in [0.2, 0.25) is 11.8 Å². The van der Waals surface area contributed by atoms with Crippen molar-refractivity contribution < 1.29 is 9.59 Å². The summed E-state index contributed by atoms with van der Waals surface area (Å²) < 4.78 is 1.78. The summed E-state index contributed by atoms with van der Waals surface area (Å²) in [5.41, 5.74) is 1.14. The number of carbonyl (C=O) groups is 2. The highest BCUT2D eigenvalue weighted by atomic mass is 16.2. The fourth-order valence-corrected chi connectivity index (χ4v) is 3.48. The molecule has 1 aliphatic rings. The van der Waals surface area contributed by atoms with Crippen LogP contribution in [0.4, 0.5) is 5.82 Å². The lowest BCUT2D eigenvalue weighted by Gasteiger charge is -2.11. The van der Waals surface area contributed by atoms with E-state index in [4.69, 9.17) is 0 Å². The molecule has 1 fully saturated rings. The van der Waals surface area contributed by atoms with Gasteiger partial charge in [0.25, 0.3) is 0 Å². The second-order valence-corrected chi connectivity index (χ2v) is 7.42. The summed E-state index contributed by atoms with van der Waals surface area (Å²) in [6, 6.07) is 16.2. The first-order chi connectivity index (χ1) is 13.6. The van der Waals surface area contributed by atoms with Crippen LogP contribution in [-0.4, -0.2) is 28.1 Å². The molecule has 4 rings (SSSR count). The Bertz CT molecular complexity index is 1010. The van der Waals surface area contributed by atoms with Crippen LogP contribution >= 0.6 is 0 Å². The van der Waals surface area contributed by atoms with Crippen molar-refractivity contribution in [3.05, 3.63) is 60.3 Å². The lowest BCUT2D eigenvalue weighted by Crippen LogP contribution is -2.29. The van der Waals surface area contributed by atoms with E-state index in [1.807, 2.05) is 18.2 Å². The molecule has 28 heavy (non-hydrogen) atoms. The molecule has 3 aromatic rings. The average molecular weight is 376 g/mol. The van der Waals surface area contributed by atoms with Crippen LogP contribution in [0.5, 0.6) is 0 Å². The predicted octanol–water partition coefficient (Wildman–Crippen LogP) is 3.19. The van der Waals surface area contributed by atoms with Crippen molar-refractivity contribution in [1.29, 1.82) is 0 Å². The molecule has 1 heterocycles. The van der Waals surface area contributed by atoms with Gasteiger partial charge in [-0.2, -0.15) is 5.10 Å². The molecule has 2 aromatic carbocycles. The first-order valence-electron chi connectivity index (χ1n) is 9.68. The maximum absolute atomic E-state index is 12.3. The normalized spacial score (nSPS) is 18.0. The minimum absolute atomic E-state index is 0.0568. The molecule has 2 amide bonds. The molecule has 0 spiro atoms. The van der Waals surface area contributed by atoms with Gasteiger partial charge >= 0.3 is 0 Å². The van der Waals surface area contributed by atoms with Crippen molar-refractivity contribution in [3.63, 3.8) is 0 Å². The standard InChI is InChI=1S/C22H24N4O2/c1-15-13-19(15)22(28)23-11-10-21(27)25-20-9-12-24-26(20)14-17-7-4-6-16-5-2-3-8-18(16)17/h2-9,12,15,19H,10-11,13-14H2,1H3,(H,23,28)(H,25,27)/t15-,19+/m0/s1. The Hall–Kier alpha value is -3.15. The van der Waals surface area contributed by atoms with E-state index in [9.17, 15) is 9.59 Å². The number of hydrogen-bond acceptors (Lipinski definition) is 3. The first-order valence-corrected chi connectivity index (χ1v) is 9.68. The van der Waals surface area contributed by atoms with E-state index in [0.29, 0.717) is 24.8 Å². The number of rotatable bonds is 7. The Morgan fingerprint density at radius 2 is 1.93 bits per heavy atom. The van der Waals surface area contributed by atoms with Crippen LogP contribution in [0.25, 0.3) is 10.8 Å². The van der Waals surface area contributed by atoms with Gasteiger partial charge < -0.3 is 10.6 Å². The molecule has 144 valence electrons. The number of nitrogens with one attached hydrogen (secondary N) is 2. The fourth-order valence-electron chi connectivity index (χ4n) is 3.48. The van der Waals surface area contributed by atoms with Crippen molar-refractivity contribution >= 4 is 28.4 Å². The van der Waals surface area contributed by atoms with E-state index < -0.39 is 0 Å². The maximum Gasteiger partial charge on any atom is 0.227 e. The first kappa shape index (κ1) is 18.2. The van der Waals surface area contributed by atoms with E-state index in [1.165, 1.54) is 10.8 Å². The summed E-state index contributed by atoms with van der Waals surface area (Å²) in [4.78, 5) is 24.1. The van der Waals surface area contributed by atoms with E-state index >= 15 is 0 Å². The molecule has 2 atom stereocenters. The molecular weight excluding hydrogens is 352 g/mol. The van der Waals surface area contributed by atoms with Gasteiger partial charge in [0.05, 0.1) is 12.7 Å². The largest absolute Gasteiger partial charge is 0.355 e. The Morgan fingerprint density at radius 3 is 2.75 bits per heavy atom. The number of carbonyl (C=O) groups excluding carboxylic acids is 2. The lowest BCUT2D eigenvalue weighted by atomic mass is 10.0. The van der Waals surface area contributed by atoms with Gasteiger partial charge in [-0.3, -0.25) is 9.59 Å². The van der Waals surface area contributed by atoms with Crippen molar-refractivity contribution in [2.24, 2.45) is 11.8 Å². The highest BCUT2D eigenvalue weighted by molar-refractivity contribution is 5.90. The van der Waals surface area contributed by atoms with Crippen LogP contribution in [0.2, 0.25) is 0 Å². The topological polar surface area (TPSA) is 76.0 Å². The summed E-state index contributed by atoms with van der Waals surface area (Å²) in [5.74, 6) is 1.17. The number of anilines is 1. The van der Waals surface area contributed by atoms with Gasteiger partial charge in [0, 0.05) is 24.9 Å². The van der Waals surface area contributed by atoms with Crippen LogP contribution < -0.4 is 10.6 Å². The van der Waals surface area contributed by atoms with Crippen LogP contribution in [-0.2, 0) is 16.1 Å². The van der Waals surface area contributed by atoms with Crippen LogP contribution in [0, 0.1) is 11.8 Å². The van der Waals surface area contributed by atoms with Crippen molar-refractivity contribution in [2.45, 2.75) is 26.3 Å². The summed E-state index contributed by atoms with van der Waals surface area (Å²) >= 11 is 0. The number of fused-ring (bicyclic) bond motifs is 1. The zero-order valence-electron chi connectivity index (χ0n) is 15.9. The number of aromatic nitrogens is 2.